The molecule has 0 aliphatic heterocycles. The third-order valence-corrected chi connectivity index (χ3v) is 2.17. The van der Waals surface area contributed by atoms with Gasteiger partial charge in [0.1, 0.15) is 12.9 Å². The highest BCUT2D eigenvalue weighted by molar-refractivity contribution is 4.57. The van der Waals surface area contributed by atoms with Crippen molar-refractivity contribution >= 4 is 0 Å². The van der Waals surface area contributed by atoms with E-state index in [9.17, 15) is 0 Å². The predicted molar refractivity (Wildman–Crippen MR) is 61.4 cm³/mol. The van der Waals surface area contributed by atoms with Crippen LogP contribution in [0.5, 0.6) is 0 Å². The van der Waals surface area contributed by atoms with Gasteiger partial charge in [-0.25, -0.2) is 0 Å². The Kier molecular flexibility index (Phi) is 11.1. The number of ether oxygens (including phenoxy) is 1. The SMILES string of the molecule is C=COOCC(CCCCCC)OCC. The lowest BCUT2D eigenvalue weighted by atomic mass is 10.1. The Balaban J connectivity index is 3.48. The van der Waals surface area contributed by atoms with Gasteiger partial charge in [-0.3, -0.25) is 0 Å². The number of unbranched alkanes of at least 4 members (excludes halogenated alkanes) is 3. The van der Waals surface area contributed by atoms with Crippen LogP contribution < -0.4 is 0 Å². The summed E-state index contributed by atoms with van der Waals surface area (Å²) in [5.41, 5.74) is 0. The molecular weight excluding hydrogens is 192 g/mol. The van der Waals surface area contributed by atoms with Crippen molar-refractivity contribution in [3.63, 3.8) is 0 Å². The fourth-order valence-electron chi connectivity index (χ4n) is 1.41. The molecule has 0 aliphatic carbocycles. The normalized spacial score (nSPS) is 12.4. The van der Waals surface area contributed by atoms with Crippen molar-refractivity contribution in [3.8, 4) is 0 Å². The molecule has 3 heteroatoms. The van der Waals surface area contributed by atoms with Crippen LogP contribution in [-0.2, 0) is 14.5 Å². The molecule has 15 heavy (non-hydrogen) atoms. The van der Waals surface area contributed by atoms with Crippen molar-refractivity contribution in [3.05, 3.63) is 12.8 Å². The summed E-state index contributed by atoms with van der Waals surface area (Å²) >= 11 is 0. The predicted octanol–water partition coefficient (Wildman–Crippen LogP) is 3.45. The van der Waals surface area contributed by atoms with Crippen LogP contribution in [0.2, 0.25) is 0 Å². The van der Waals surface area contributed by atoms with E-state index in [1.807, 2.05) is 6.92 Å². The minimum atomic E-state index is 0.145. The van der Waals surface area contributed by atoms with Crippen LogP contribution in [0, 0.1) is 0 Å². The van der Waals surface area contributed by atoms with Crippen molar-refractivity contribution in [2.75, 3.05) is 13.2 Å². The minimum absolute atomic E-state index is 0.145. The van der Waals surface area contributed by atoms with Gasteiger partial charge in [0.05, 0.1) is 6.10 Å². The van der Waals surface area contributed by atoms with Gasteiger partial charge in [-0.15, -0.1) is 0 Å². The molecule has 1 unspecified atom stereocenters. The molecule has 0 N–H and O–H groups in total. The van der Waals surface area contributed by atoms with Crippen LogP contribution in [0.25, 0.3) is 0 Å². The summed E-state index contributed by atoms with van der Waals surface area (Å²) in [7, 11) is 0. The number of hydrogen-bond acceptors (Lipinski definition) is 3. The second-order valence-electron chi connectivity index (χ2n) is 3.47. The molecule has 0 saturated heterocycles. The Labute approximate surface area is 93.3 Å². The molecular formula is C12H24O3. The summed E-state index contributed by atoms with van der Waals surface area (Å²) in [5.74, 6) is 0. The van der Waals surface area contributed by atoms with Crippen LogP contribution >= 0.6 is 0 Å². The topological polar surface area (TPSA) is 27.7 Å². The van der Waals surface area contributed by atoms with Crippen molar-refractivity contribution < 1.29 is 14.5 Å². The quantitative estimate of drug-likeness (QED) is 0.229. The molecule has 3 nitrogen and oxygen atoms in total. The first kappa shape index (κ1) is 14.5. The van der Waals surface area contributed by atoms with Gasteiger partial charge in [0.2, 0.25) is 0 Å². The maximum absolute atomic E-state index is 5.53. The average molecular weight is 216 g/mol. The molecule has 0 aliphatic rings. The molecule has 0 spiro atoms. The Morgan fingerprint density at radius 2 is 2.00 bits per heavy atom. The molecule has 0 aromatic rings. The molecule has 0 heterocycles. The van der Waals surface area contributed by atoms with E-state index in [2.05, 4.69) is 18.4 Å². The van der Waals surface area contributed by atoms with E-state index in [-0.39, 0.29) is 6.10 Å². The van der Waals surface area contributed by atoms with Crippen LogP contribution in [-0.4, -0.2) is 19.3 Å². The fourth-order valence-corrected chi connectivity index (χ4v) is 1.41. The molecule has 0 fully saturated rings. The standard InChI is InChI=1S/C12H24O3/c1-4-7-8-9-10-12(13-5-2)11-15-14-6-3/h6,12H,3-5,7-11H2,1-2H3. The Bertz CT molecular complexity index is 137. The van der Waals surface area contributed by atoms with E-state index < -0.39 is 0 Å². The zero-order valence-electron chi connectivity index (χ0n) is 10.0. The molecule has 1 atom stereocenters. The lowest BCUT2D eigenvalue weighted by Gasteiger charge is -2.15. The molecule has 0 rings (SSSR count). The van der Waals surface area contributed by atoms with E-state index in [4.69, 9.17) is 9.62 Å². The van der Waals surface area contributed by atoms with E-state index >= 15 is 0 Å². The smallest absolute Gasteiger partial charge is 0.122 e. The molecule has 0 amide bonds. The molecule has 0 aromatic heterocycles. The van der Waals surface area contributed by atoms with Gasteiger partial charge in [0.25, 0.3) is 0 Å². The van der Waals surface area contributed by atoms with Crippen molar-refractivity contribution in [1.29, 1.82) is 0 Å². The maximum atomic E-state index is 5.53. The van der Waals surface area contributed by atoms with Gasteiger partial charge in [-0.1, -0.05) is 39.2 Å². The summed E-state index contributed by atoms with van der Waals surface area (Å²) in [6, 6.07) is 0. The highest BCUT2D eigenvalue weighted by atomic mass is 17.2. The number of rotatable bonds is 11. The van der Waals surface area contributed by atoms with Crippen molar-refractivity contribution in [2.45, 2.75) is 52.1 Å². The van der Waals surface area contributed by atoms with E-state index in [1.165, 1.54) is 31.9 Å². The lowest BCUT2D eigenvalue weighted by Crippen LogP contribution is -2.19. The molecule has 0 aromatic carbocycles. The summed E-state index contributed by atoms with van der Waals surface area (Å²) < 4.78 is 5.53. The van der Waals surface area contributed by atoms with Gasteiger partial charge in [-0.05, 0) is 13.3 Å². The summed E-state index contributed by atoms with van der Waals surface area (Å²) in [6.07, 6.45) is 7.47. The largest absolute Gasteiger partial charge is 0.376 e. The van der Waals surface area contributed by atoms with Gasteiger partial charge in [-0.2, -0.15) is 4.89 Å². The third kappa shape index (κ3) is 9.76. The lowest BCUT2D eigenvalue weighted by molar-refractivity contribution is -0.265. The minimum Gasteiger partial charge on any atom is -0.376 e. The highest BCUT2D eigenvalue weighted by Gasteiger charge is 2.08. The average Bonchev–Trinajstić information content (AvgIpc) is 2.24. The van der Waals surface area contributed by atoms with Crippen molar-refractivity contribution in [2.24, 2.45) is 0 Å². The van der Waals surface area contributed by atoms with Crippen LogP contribution in [0.3, 0.4) is 0 Å². The second kappa shape index (κ2) is 11.5. The zero-order valence-corrected chi connectivity index (χ0v) is 10.0. The fraction of sp³-hybridized carbons (Fsp3) is 0.833. The summed E-state index contributed by atoms with van der Waals surface area (Å²) in [6.45, 7) is 8.80. The Morgan fingerprint density at radius 1 is 1.20 bits per heavy atom. The van der Waals surface area contributed by atoms with Gasteiger partial charge in [0.15, 0.2) is 0 Å². The van der Waals surface area contributed by atoms with Gasteiger partial charge >= 0.3 is 0 Å². The molecule has 0 saturated carbocycles. The molecule has 90 valence electrons. The van der Waals surface area contributed by atoms with E-state index in [0.29, 0.717) is 6.61 Å². The Morgan fingerprint density at radius 3 is 2.60 bits per heavy atom. The van der Waals surface area contributed by atoms with Crippen LogP contribution in [0.1, 0.15) is 46.0 Å². The summed E-state index contributed by atoms with van der Waals surface area (Å²) in [4.78, 5) is 9.53. The zero-order chi connectivity index (χ0) is 11.4. The van der Waals surface area contributed by atoms with Crippen LogP contribution in [0.15, 0.2) is 12.8 Å². The van der Waals surface area contributed by atoms with Crippen molar-refractivity contribution in [1.82, 2.24) is 0 Å². The first-order valence-corrected chi connectivity index (χ1v) is 5.85. The first-order valence-electron chi connectivity index (χ1n) is 5.85. The summed E-state index contributed by atoms with van der Waals surface area (Å²) in [5, 5.41) is 0. The van der Waals surface area contributed by atoms with E-state index in [1.54, 1.807) is 0 Å². The highest BCUT2D eigenvalue weighted by Crippen LogP contribution is 2.09. The molecule has 0 bridgehead atoms. The monoisotopic (exact) mass is 216 g/mol. The number of hydrogen-bond donors (Lipinski definition) is 0. The molecule has 0 radical (unpaired) electrons. The van der Waals surface area contributed by atoms with Gasteiger partial charge < -0.3 is 9.62 Å². The second-order valence-corrected chi connectivity index (χ2v) is 3.47. The van der Waals surface area contributed by atoms with Gasteiger partial charge in [0, 0.05) is 6.61 Å². The first-order chi connectivity index (χ1) is 7.35. The maximum Gasteiger partial charge on any atom is 0.122 e. The van der Waals surface area contributed by atoms with E-state index in [0.717, 1.165) is 13.0 Å². The Hall–Kier alpha value is -0.540. The van der Waals surface area contributed by atoms with Crippen LogP contribution in [0.4, 0.5) is 0 Å². The third-order valence-electron chi connectivity index (χ3n) is 2.17.